The van der Waals surface area contributed by atoms with E-state index in [2.05, 4.69) is 4.90 Å². The number of piperazine rings is 1. The van der Waals surface area contributed by atoms with Gasteiger partial charge in [0.1, 0.15) is 0 Å². The molecular formula is C16H27N3O5S. The van der Waals surface area contributed by atoms with Gasteiger partial charge in [-0.1, -0.05) is 0 Å². The molecular weight excluding hydrogens is 346 g/mol. The highest BCUT2D eigenvalue weighted by molar-refractivity contribution is 7.91. The Hall–Kier alpha value is -1.19. The minimum absolute atomic E-state index is 0.00328. The quantitative estimate of drug-likeness (QED) is 0.654. The normalized spacial score (nSPS) is 29.7. The first kappa shape index (κ1) is 18.6. The van der Waals surface area contributed by atoms with E-state index < -0.39 is 15.8 Å². The molecule has 3 rings (SSSR count). The van der Waals surface area contributed by atoms with Crippen LogP contribution >= 0.6 is 0 Å². The van der Waals surface area contributed by atoms with Crippen molar-refractivity contribution in [2.45, 2.75) is 37.8 Å². The van der Waals surface area contributed by atoms with Gasteiger partial charge in [0.15, 0.2) is 9.84 Å². The largest absolute Gasteiger partial charge is 0.481 e. The smallest absolute Gasteiger partial charge is 0.304 e. The fraction of sp³-hybridized carbons (Fsp3) is 0.875. The molecule has 0 aromatic carbocycles. The van der Waals surface area contributed by atoms with E-state index in [1.807, 2.05) is 4.90 Å². The summed E-state index contributed by atoms with van der Waals surface area (Å²) in [4.78, 5) is 29.5. The average molecular weight is 373 g/mol. The first-order valence-electron chi connectivity index (χ1n) is 9.04. The second-order valence-corrected chi connectivity index (χ2v) is 9.43. The summed E-state index contributed by atoms with van der Waals surface area (Å²) in [7, 11) is -3.19. The number of amides is 1. The Morgan fingerprint density at radius 2 is 1.60 bits per heavy atom. The topological polar surface area (TPSA) is 98.2 Å². The van der Waals surface area contributed by atoms with Crippen molar-refractivity contribution in [1.82, 2.24) is 14.7 Å². The van der Waals surface area contributed by atoms with E-state index in [9.17, 15) is 18.0 Å². The van der Waals surface area contributed by atoms with Crippen LogP contribution in [0.5, 0.6) is 0 Å². The van der Waals surface area contributed by atoms with Crippen molar-refractivity contribution in [3.8, 4) is 0 Å². The number of hydrogen-bond acceptors (Lipinski definition) is 6. The zero-order valence-corrected chi connectivity index (χ0v) is 15.3. The van der Waals surface area contributed by atoms with Crippen molar-refractivity contribution in [2.75, 3.05) is 50.8 Å². The van der Waals surface area contributed by atoms with Gasteiger partial charge in [-0.3, -0.25) is 14.5 Å². The van der Waals surface area contributed by atoms with Crippen molar-refractivity contribution in [2.24, 2.45) is 0 Å². The lowest BCUT2D eigenvalue weighted by atomic mass is 10.0. The summed E-state index contributed by atoms with van der Waals surface area (Å²) in [5.74, 6) is -0.845. The highest BCUT2D eigenvalue weighted by Crippen LogP contribution is 2.27. The van der Waals surface area contributed by atoms with Crippen molar-refractivity contribution < 1.29 is 23.1 Å². The number of carboxylic acid groups (broad SMARTS) is 1. The van der Waals surface area contributed by atoms with Gasteiger partial charge in [0, 0.05) is 38.6 Å². The molecule has 25 heavy (non-hydrogen) atoms. The highest BCUT2D eigenvalue weighted by atomic mass is 32.2. The summed E-state index contributed by atoms with van der Waals surface area (Å²) in [6.45, 7) is 4.17. The summed E-state index contributed by atoms with van der Waals surface area (Å²) in [6.07, 6.45) is 2.78. The van der Waals surface area contributed by atoms with Gasteiger partial charge in [-0.05, 0) is 25.9 Å². The molecule has 1 amide bonds. The van der Waals surface area contributed by atoms with Crippen molar-refractivity contribution >= 4 is 21.7 Å². The van der Waals surface area contributed by atoms with Gasteiger partial charge in [-0.25, -0.2) is 8.42 Å². The van der Waals surface area contributed by atoms with Gasteiger partial charge in [0.2, 0.25) is 5.91 Å². The zero-order chi connectivity index (χ0) is 18.0. The fourth-order valence-electron chi connectivity index (χ4n) is 4.25. The zero-order valence-electron chi connectivity index (χ0n) is 14.5. The third kappa shape index (κ3) is 4.51. The molecule has 3 heterocycles. The summed E-state index contributed by atoms with van der Waals surface area (Å²) < 4.78 is 24.3. The summed E-state index contributed by atoms with van der Waals surface area (Å²) in [6, 6.07) is -0.604. The van der Waals surface area contributed by atoms with Crippen LogP contribution in [-0.2, 0) is 19.4 Å². The summed E-state index contributed by atoms with van der Waals surface area (Å²) >= 11 is 0. The second kappa shape index (κ2) is 7.59. The molecule has 0 aliphatic carbocycles. The van der Waals surface area contributed by atoms with E-state index in [0.717, 1.165) is 19.6 Å². The monoisotopic (exact) mass is 373 g/mol. The van der Waals surface area contributed by atoms with E-state index in [0.29, 0.717) is 26.1 Å². The van der Waals surface area contributed by atoms with Crippen LogP contribution in [0.4, 0.5) is 0 Å². The molecule has 9 heteroatoms. The number of aliphatic carboxylic acids is 1. The average Bonchev–Trinajstić information content (AvgIpc) is 3.16. The molecule has 0 unspecified atom stereocenters. The van der Waals surface area contributed by atoms with Gasteiger partial charge in [0.05, 0.1) is 24.0 Å². The number of fused-ring (bicyclic) bond motifs is 1. The van der Waals surface area contributed by atoms with E-state index in [-0.39, 0.29) is 35.9 Å². The Morgan fingerprint density at radius 3 is 2.28 bits per heavy atom. The lowest BCUT2D eigenvalue weighted by Crippen LogP contribution is -2.61. The standard InChI is InChI=1S/C16H27N3O5S/c20-15(3-7-17-5-1-2-6-17)19-10-9-18(8-4-16(21)22)13-11-25(23,24)12-14(13)19/h13-14H,1-12H2,(H,21,22)/t13-,14+/m1/s1. The van der Waals surface area contributed by atoms with Crippen LogP contribution in [0.3, 0.4) is 0 Å². The van der Waals surface area contributed by atoms with E-state index in [1.165, 1.54) is 12.8 Å². The third-order valence-electron chi connectivity index (χ3n) is 5.56. The van der Waals surface area contributed by atoms with Crippen LogP contribution in [0.15, 0.2) is 0 Å². The van der Waals surface area contributed by atoms with Crippen molar-refractivity contribution in [3.05, 3.63) is 0 Å². The predicted molar refractivity (Wildman–Crippen MR) is 92.1 cm³/mol. The fourth-order valence-corrected chi connectivity index (χ4v) is 6.27. The maximum atomic E-state index is 12.7. The van der Waals surface area contributed by atoms with Crippen LogP contribution in [-0.4, -0.2) is 103 Å². The summed E-state index contributed by atoms with van der Waals surface area (Å²) in [5.41, 5.74) is 0. The molecule has 0 aromatic rings. The number of likely N-dealkylation sites (tertiary alicyclic amines) is 1. The lowest BCUT2D eigenvalue weighted by molar-refractivity contribution is -0.140. The number of nitrogens with zero attached hydrogens (tertiary/aromatic N) is 3. The van der Waals surface area contributed by atoms with E-state index in [4.69, 9.17) is 5.11 Å². The third-order valence-corrected chi connectivity index (χ3v) is 7.26. The van der Waals surface area contributed by atoms with Crippen molar-refractivity contribution in [3.63, 3.8) is 0 Å². The molecule has 1 N–H and O–H groups in total. The molecule has 0 aromatic heterocycles. The first-order valence-corrected chi connectivity index (χ1v) is 10.9. The molecule has 3 aliphatic rings. The molecule has 0 radical (unpaired) electrons. The Kier molecular flexibility index (Phi) is 5.65. The van der Waals surface area contributed by atoms with Gasteiger partial charge < -0.3 is 14.9 Å². The van der Waals surface area contributed by atoms with Gasteiger partial charge in [-0.2, -0.15) is 0 Å². The number of carbonyl (C=O) groups excluding carboxylic acids is 1. The van der Waals surface area contributed by atoms with Crippen molar-refractivity contribution in [1.29, 1.82) is 0 Å². The number of rotatable bonds is 6. The maximum Gasteiger partial charge on any atom is 0.304 e. The summed E-state index contributed by atoms with van der Waals surface area (Å²) in [5, 5.41) is 8.89. The Balaban J connectivity index is 1.63. The molecule has 142 valence electrons. The second-order valence-electron chi connectivity index (χ2n) is 7.28. The maximum absolute atomic E-state index is 12.7. The number of carbonyl (C=O) groups is 2. The van der Waals surface area contributed by atoms with Gasteiger partial charge >= 0.3 is 5.97 Å². The molecule has 3 aliphatic heterocycles. The first-order chi connectivity index (χ1) is 11.9. The Morgan fingerprint density at radius 1 is 0.920 bits per heavy atom. The van der Waals surface area contributed by atoms with E-state index in [1.54, 1.807) is 4.90 Å². The van der Waals surface area contributed by atoms with Crippen LogP contribution < -0.4 is 0 Å². The van der Waals surface area contributed by atoms with Gasteiger partial charge in [0.25, 0.3) is 0 Å². The highest BCUT2D eigenvalue weighted by Gasteiger charge is 2.47. The minimum Gasteiger partial charge on any atom is -0.481 e. The van der Waals surface area contributed by atoms with Gasteiger partial charge in [-0.15, -0.1) is 0 Å². The molecule has 0 bridgehead atoms. The Bertz CT molecular complexity index is 617. The number of hydrogen-bond donors (Lipinski definition) is 1. The Labute approximate surface area is 148 Å². The molecule has 8 nitrogen and oxygen atoms in total. The van der Waals surface area contributed by atoms with Crippen LogP contribution in [0.25, 0.3) is 0 Å². The predicted octanol–water partition coefficient (Wildman–Crippen LogP) is -0.743. The molecule has 3 saturated heterocycles. The molecule has 3 fully saturated rings. The molecule has 2 atom stereocenters. The van der Waals surface area contributed by atoms with Crippen LogP contribution in [0.1, 0.15) is 25.7 Å². The van der Waals surface area contributed by atoms with E-state index >= 15 is 0 Å². The lowest BCUT2D eigenvalue weighted by Gasteiger charge is -2.44. The minimum atomic E-state index is -3.19. The molecule has 0 saturated carbocycles. The number of sulfone groups is 1. The SMILES string of the molecule is O=C(O)CCN1CCN(C(=O)CCN2CCCC2)[C@H]2CS(=O)(=O)C[C@H]21. The number of carboxylic acids is 1. The molecule has 0 spiro atoms. The van der Waals surface area contributed by atoms with Crippen LogP contribution in [0.2, 0.25) is 0 Å². The van der Waals surface area contributed by atoms with Crippen LogP contribution in [0, 0.1) is 0 Å².